The van der Waals surface area contributed by atoms with Crippen LogP contribution in [0.1, 0.15) is 16.2 Å². The van der Waals surface area contributed by atoms with E-state index >= 15 is 0 Å². The third kappa shape index (κ3) is 2.95. The topological polar surface area (TPSA) is 13.1 Å². The number of hydrogen-bond acceptors (Lipinski definition) is 1. The Morgan fingerprint density at radius 3 is 2.47 bits per heavy atom. The van der Waals surface area contributed by atoms with Crippen LogP contribution in [0.25, 0.3) is 0 Å². The van der Waals surface area contributed by atoms with Gasteiger partial charge in [-0.15, -0.1) is 0 Å². The Balaban J connectivity index is 2.06. The summed E-state index contributed by atoms with van der Waals surface area (Å²) in [5, 5.41) is 0. The Morgan fingerprint density at radius 2 is 1.87 bits per heavy atom. The lowest BCUT2D eigenvalue weighted by Crippen LogP contribution is -1.93. The van der Waals surface area contributed by atoms with E-state index in [4.69, 9.17) is 4.42 Å². The molecule has 78 valence electrons. The van der Waals surface area contributed by atoms with Gasteiger partial charge in [-0.2, -0.15) is 0 Å². The number of benzene rings is 1. The Kier molecular flexibility index (Phi) is 3.65. The third-order valence-electron chi connectivity index (χ3n) is 2.18. The van der Waals surface area contributed by atoms with E-state index in [1.54, 1.807) is 6.26 Å². The summed E-state index contributed by atoms with van der Waals surface area (Å²) in [6.07, 6.45) is 2.63. The summed E-state index contributed by atoms with van der Waals surface area (Å²) in [6.45, 7) is 0. The lowest BCUT2D eigenvalue weighted by molar-refractivity contribution is 0.507. The van der Waals surface area contributed by atoms with E-state index in [9.17, 15) is 0 Å². The van der Waals surface area contributed by atoms with E-state index in [0.717, 1.165) is 16.7 Å². The summed E-state index contributed by atoms with van der Waals surface area (Å²) in [6, 6.07) is 12.2. The highest BCUT2D eigenvalue weighted by Crippen LogP contribution is 2.27. The van der Waals surface area contributed by atoms with Crippen LogP contribution in [0, 0.1) is 0 Å². The molecule has 0 saturated carbocycles. The van der Waals surface area contributed by atoms with Gasteiger partial charge < -0.3 is 4.42 Å². The van der Waals surface area contributed by atoms with Gasteiger partial charge in [-0.1, -0.05) is 44.0 Å². The van der Waals surface area contributed by atoms with Crippen molar-refractivity contribution < 1.29 is 4.42 Å². The summed E-state index contributed by atoms with van der Waals surface area (Å²) < 4.78 is 6.44. The Bertz CT molecular complexity index is 406. The summed E-state index contributed by atoms with van der Waals surface area (Å²) in [7, 11) is 0. The molecular formula is C12H10Br2O. The largest absolute Gasteiger partial charge is 0.468 e. The first-order chi connectivity index (χ1) is 7.25. The first kappa shape index (κ1) is 11.0. The van der Waals surface area contributed by atoms with Crippen LogP contribution in [-0.4, -0.2) is 0 Å². The van der Waals surface area contributed by atoms with Crippen molar-refractivity contribution in [3.05, 3.63) is 58.5 Å². The first-order valence-corrected chi connectivity index (χ1v) is 6.38. The molecule has 2 aromatic rings. The molecule has 3 heteroatoms. The highest BCUT2D eigenvalue weighted by Gasteiger charge is 2.10. The van der Waals surface area contributed by atoms with E-state index in [1.807, 2.05) is 12.1 Å². The number of furan rings is 1. The molecule has 0 N–H and O–H groups in total. The van der Waals surface area contributed by atoms with Crippen LogP contribution < -0.4 is 0 Å². The second-order valence-corrected chi connectivity index (χ2v) is 5.33. The van der Waals surface area contributed by atoms with Gasteiger partial charge >= 0.3 is 0 Å². The van der Waals surface area contributed by atoms with Gasteiger partial charge in [-0.05, 0) is 36.2 Å². The van der Waals surface area contributed by atoms with E-state index in [-0.39, 0.29) is 4.83 Å². The highest BCUT2D eigenvalue weighted by molar-refractivity contribution is 9.10. The van der Waals surface area contributed by atoms with E-state index in [2.05, 4.69) is 56.1 Å². The summed E-state index contributed by atoms with van der Waals surface area (Å²) in [5.74, 6) is 0.970. The van der Waals surface area contributed by atoms with Crippen LogP contribution >= 0.6 is 31.9 Å². The number of hydrogen-bond donors (Lipinski definition) is 0. The number of halogens is 2. The maximum absolute atomic E-state index is 5.34. The van der Waals surface area contributed by atoms with E-state index < -0.39 is 0 Å². The number of alkyl halides is 1. The van der Waals surface area contributed by atoms with Crippen molar-refractivity contribution in [2.45, 2.75) is 11.2 Å². The molecule has 1 aromatic carbocycles. The molecule has 1 atom stereocenters. The highest BCUT2D eigenvalue weighted by atomic mass is 79.9. The minimum Gasteiger partial charge on any atom is -0.468 e. The van der Waals surface area contributed by atoms with Gasteiger partial charge in [-0.25, -0.2) is 0 Å². The monoisotopic (exact) mass is 328 g/mol. The van der Waals surface area contributed by atoms with E-state index in [1.165, 1.54) is 5.56 Å². The van der Waals surface area contributed by atoms with Gasteiger partial charge in [0, 0.05) is 4.47 Å². The Morgan fingerprint density at radius 1 is 1.13 bits per heavy atom. The third-order valence-corrected chi connectivity index (χ3v) is 3.48. The standard InChI is InChI=1S/C12H10Br2O/c13-10-5-3-9(4-6-10)8-11(14)12-2-1-7-15-12/h1-7,11H,8H2. The van der Waals surface area contributed by atoms with Gasteiger partial charge in [0.05, 0.1) is 11.1 Å². The Labute approximate surface area is 106 Å². The molecule has 15 heavy (non-hydrogen) atoms. The van der Waals surface area contributed by atoms with Gasteiger partial charge in [0.2, 0.25) is 0 Å². The zero-order valence-corrected chi connectivity index (χ0v) is 11.2. The molecule has 1 nitrogen and oxygen atoms in total. The summed E-state index contributed by atoms with van der Waals surface area (Å²) in [5.41, 5.74) is 1.29. The Hall–Kier alpha value is -0.540. The van der Waals surface area contributed by atoms with Crippen LogP contribution in [0.15, 0.2) is 51.6 Å². The maximum atomic E-state index is 5.34. The van der Waals surface area contributed by atoms with Crippen molar-refractivity contribution in [3.63, 3.8) is 0 Å². The van der Waals surface area contributed by atoms with Crippen LogP contribution in [-0.2, 0) is 6.42 Å². The van der Waals surface area contributed by atoms with Gasteiger partial charge in [0.1, 0.15) is 5.76 Å². The molecule has 1 aromatic heterocycles. The van der Waals surface area contributed by atoms with Crippen molar-refractivity contribution in [2.24, 2.45) is 0 Å². The molecule has 0 spiro atoms. The molecule has 0 amide bonds. The molecule has 0 aliphatic carbocycles. The van der Waals surface area contributed by atoms with Crippen LogP contribution in [0.4, 0.5) is 0 Å². The SMILES string of the molecule is Brc1ccc(CC(Br)c2ccco2)cc1. The molecular weight excluding hydrogens is 320 g/mol. The fraction of sp³-hybridized carbons (Fsp3) is 0.167. The predicted octanol–water partition coefficient (Wildman–Crippen LogP) is 4.72. The zero-order valence-electron chi connectivity index (χ0n) is 7.99. The summed E-state index contributed by atoms with van der Waals surface area (Å²) in [4.78, 5) is 0.244. The van der Waals surface area contributed by atoms with Crippen molar-refractivity contribution in [3.8, 4) is 0 Å². The van der Waals surface area contributed by atoms with Crippen LogP contribution in [0.2, 0.25) is 0 Å². The average molecular weight is 330 g/mol. The van der Waals surface area contributed by atoms with Crippen molar-refractivity contribution >= 4 is 31.9 Å². The van der Waals surface area contributed by atoms with E-state index in [0.29, 0.717) is 0 Å². The molecule has 0 aliphatic rings. The first-order valence-electron chi connectivity index (χ1n) is 4.67. The lowest BCUT2D eigenvalue weighted by atomic mass is 10.1. The quantitative estimate of drug-likeness (QED) is 0.742. The molecule has 0 saturated heterocycles. The minimum absolute atomic E-state index is 0.244. The molecule has 1 heterocycles. The maximum Gasteiger partial charge on any atom is 0.117 e. The van der Waals surface area contributed by atoms with Gasteiger partial charge in [-0.3, -0.25) is 0 Å². The molecule has 0 radical (unpaired) electrons. The molecule has 0 aliphatic heterocycles. The predicted molar refractivity (Wildman–Crippen MR) is 68.2 cm³/mol. The van der Waals surface area contributed by atoms with Crippen molar-refractivity contribution in [1.29, 1.82) is 0 Å². The van der Waals surface area contributed by atoms with Crippen molar-refractivity contribution in [1.82, 2.24) is 0 Å². The van der Waals surface area contributed by atoms with Gasteiger partial charge in [0.15, 0.2) is 0 Å². The fourth-order valence-corrected chi connectivity index (χ4v) is 2.30. The zero-order chi connectivity index (χ0) is 10.7. The second-order valence-electron chi connectivity index (χ2n) is 3.31. The molecule has 1 unspecified atom stereocenters. The van der Waals surface area contributed by atoms with Crippen LogP contribution in [0.3, 0.4) is 0 Å². The minimum atomic E-state index is 0.244. The molecule has 2 rings (SSSR count). The average Bonchev–Trinajstić information content (AvgIpc) is 2.74. The van der Waals surface area contributed by atoms with Crippen LogP contribution in [0.5, 0.6) is 0 Å². The molecule has 0 bridgehead atoms. The van der Waals surface area contributed by atoms with Gasteiger partial charge in [0.25, 0.3) is 0 Å². The second kappa shape index (κ2) is 4.99. The van der Waals surface area contributed by atoms with Crippen molar-refractivity contribution in [2.75, 3.05) is 0 Å². The number of rotatable bonds is 3. The summed E-state index contributed by atoms with van der Waals surface area (Å²) >= 11 is 7.04. The molecule has 0 fully saturated rings. The normalized spacial score (nSPS) is 12.7. The smallest absolute Gasteiger partial charge is 0.117 e. The lowest BCUT2D eigenvalue weighted by Gasteiger charge is -2.06. The fourth-order valence-electron chi connectivity index (χ4n) is 1.40.